The van der Waals surface area contributed by atoms with E-state index in [1.165, 1.54) is 29.4 Å². The fourth-order valence-corrected chi connectivity index (χ4v) is 4.87. The van der Waals surface area contributed by atoms with Gasteiger partial charge in [0.2, 0.25) is 8.32 Å². The van der Waals surface area contributed by atoms with E-state index in [1.807, 2.05) is 12.2 Å². The van der Waals surface area contributed by atoms with E-state index in [0.29, 0.717) is 0 Å². The average Bonchev–Trinajstić information content (AvgIpc) is 3.01. The van der Waals surface area contributed by atoms with Gasteiger partial charge in [0.15, 0.2) is 0 Å². The van der Waals surface area contributed by atoms with Gasteiger partial charge in [0, 0.05) is 8.80 Å². The van der Waals surface area contributed by atoms with Crippen LogP contribution in [0.2, 0.25) is 32.7 Å². The molecule has 0 fully saturated rings. The van der Waals surface area contributed by atoms with Crippen LogP contribution in [0.25, 0.3) is 0 Å². The van der Waals surface area contributed by atoms with Crippen LogP contribution in [0.3, 0.4) is 0 Å². The van der Waals surface area contributed by atoms with Crippen LogP contribution < -0.4 is 24.8 Å². The predicted octanol–water partition coefficient (Wildman–Crippen LogP) is -0.638. The van der Waals surface area contributed by atoms with E-state index in [1.54, 1.807) is 0 Å². The molecular formula is C18H30Cl2OSi2Zr. The molecular weight excluding hydrogens is 450 g/mol. The summed E-state index contributed by atoms with van der Waals surface area (Å²) in [6.45, 7) is 13.8. The maximum atomic E-state index is 6.20. The van der Waals surface area contributed by atoms with Crippen molar-refractivity contribution in [2.24, 2.45) is 0 Å². The molecule has 0 radical (unpaired) electrons. The average molecular weight is 481 g/mol. The molecule has 0 bridgehead atoms. The fourth-order valence-electron chi connectivity index (χ4n) is 2.42. The fraction of sp³-hybridized carbons (Fsp3) is 0.556. The molecule has 134 valence electrons. The van der Waals surface area contributed by atoms with Crippen molar-refractivity contribution in [3.63, 3.8) is 0 Å². The van der Waals surface area contributed by atoms with Gasteiger partial charge in [0.05, 0.1) is 0 Å². The third-order valence-electron chi connectivity index (χ3n) is 3.19. The zero-order valence-electron chi connectivity index (χ0n) is 15.8. The molecule has 1 nitrogen and oxygen atoms in total. The minimum atomic E-state index is -1.45. The number of allylic oxidation sites excluding steroid dienone is 7. The summed E-state index contributed by atoms with van der Waals surface area (Å²) < 4.78 is 6.20. The monoisotopic (exact) mass is 478 g/mol. The predicted molar refractivity (Wildman–Crippen MR) is 98.2 cm³/mol. The molecule has 24 heavy (non-hydrogen) atoms. The molecule has 0 N–H and O–H groups in total. The normalized spacial score (nSPS) is 15.0. The molecule has 0 saturated heterocycles. The van der Waals surface area contributed by atoms with Crippen molar-refractivity contribution < 1.29 is 55.4 Å². The smallest absolute Gasteiger partial charge is 1.00 e. The Bertz CT molecular complexity index is 454. The van der Waals surface area contributed by atoms with Crippen LogP contribution in [0.5, 0.6) is 0 Å². The van der Waals surface area contributed by atoms with Crippen LogP contribution in [0.15, 0.2) is 34.8 Å². The number of hydrogen-bond donors (Lipinski definition) is 0. The van der Waals surface area contributed by atoms with E-state index in [2.05, 4.69) is 57.9 Å². The number of hydrogen-bond acceptors (Lipinski definition) is 1. The zero-order valence-corrected chi connectivity index (χ0v) is 21.9. The Kier molecular flexibility index (Phi) is 18.1. The maximum absolute atomic E-state index is 6.20. The molecule has 0 heterocycles. The maximum Gasteiger partial charge on any atom is 4.00 e. The molecule has 0 spiro atoms. The van der Waals surface area contributed by atoms with Gasteiger partial charge in [-0.2, -0.15) is 11.6 Å². The van der Waals surface area contributed by atoms with Crippen molar-refractivity contribution in [2.45, 2.75) is 65.3 Å². The Balaban J connectivity index is -0.000000475. The van der Waals surface area contributed by atoms with Gasteiger partial charge in [0.1, 0.15) is 0 Å². The Morgan fingerprint density at radius 3 is 2.17 bits per heavy atom. The van der Waals surface area contributed by atoms with E-state index in [9.17, 15) is 0 Å². The van der Waals surface area contributed by atoms with Gasteiger partial charge in [-0.05, 0) is 25.4 Å². The summed E-state index contributed by atoms with van der Waals surface area (Å²) in [4.78, 5) is 0. The first-order valence-corrected chi connectivity index (χ1v) is 14.4. The van der Waals surface area contributed by atoms with Crippen LogP contribution in [-0.2, 0) is 30.6 Å². The van der Waals surface area contributed by atoms with E-state index in [0.717, 1.165) is 12.8 Å². The number of rotatable bonds is 5. The second kappa shape index (κ2) is 14.8. The first-order chi connectivity index (χ1) is 9.85. The van der Waals surface area contributed by atoms with Crippen LogP contribution in [0.1, 0.15) is 32.6 Å². The van der Waals surface area contributed by atoms with Crippen molar-refractivity contribution in [3.05, 3.63) is 46.9 Å². The summed E-state index contributed by atoms with van der Waals surface area (Å²) in [5.74, 6) is 1.25. The van der Waals surface area contributed by atoms with Gasteiger partial charge in [0.25, 0.3) is 0 Å². The summed E-state index contributed by atoms with van der Waals surface area (Å²) in [5.41, 5.74) is 1.51. The van der Waals surface area contributed by atoms with Crippen molar-refractivity contribution in [1.82, 2.24) is 0 Å². The van der Waals surface area contributed by atoms with Gasteiger partial charge in [-0.15, -0.1) is 6.42 Å². The van der Waals surface area contributed by atoms with Crippen LogP contribution >= 0.6 is 0 Å². The SMILES string of the molecule is CCCC1=C(O[Si](C)(C)C)C[C-]=C1[SiH](C)C.[C-]1=CC=CC1.[Cl-].[Cl-].[Zr+4]. The zero-order chi connectivity index (χ0) is 15.9. The molecule has 0 aromatic rings. The first kappa shape index (κ1) is 29.4. The van der Waals surface area contributed by atoms with E-state index in [-0.39, 0.29) is 51.0 Å². The summed E-state index contributed by atoms with van der Waals surface area (Å²) in [5, 5.41) is 1.54. The summed E-state index contributed by atoms with van der Waals surface area (Å²) in [6.07, 6.45) is 16.9. The van der Waals surface area contributed by atoms with Crippen LogP contribution in [-0.4, -0.2) is 17.1 Å². The number of halogens is 2. The van der Waals surface area contributed by atoms with Gasteiger partial charge in [-0.25, -0.2) is 17.3 Å². The molecule has 2 aliphatic rings. The molecule has 0 saturated carbocycles. The van der Waals surface area contributed by atoms with Crippen LogP contribution in [0.4, 0.5) is 0 Å². The van der Waals surface area contributed by atoms with Gasteiger partial charge in [-0.3, -0.25) is 12.2 Å². The third kappa shape index (κ3) is 11.3. The van der Waals surface area contributed by atoms with Crippen LogP contribution in [0, 0.1) is 12.2 Å². The molecule has 2 aliphatic carbocycles. The van der Waals surface area contributed by atoms with Crippen molar-refractivity contribution in [1.29, 1.82) is 0 Å². The third-order valence-corrected chi connectivity index (χ3v) is 5.76. The second-order valence-electron chi connectivity index (χ2n) is 6.79. The summed E-state index contributed by atoms with van der Waals surface area (Å²) >= 11 is 0. The second-order valence-corrected chi connectivity index (χ2v) is 14.1. The molecule has 0 aliphatic heterocycles. The topological polar surface area (TPSA) is 9.23 Å². The van der Waals surface area contributed by atoms with Crippen molar-refractivity contribution >= 4 is 17.1 Å². The molecule has 0 atom stereocenters. The molecule has 6 heteroatoms. The Morgan fingerprint density at radius 2 is 1.83 bits per heavy atom. The quantitative estimate of drug-likeness (QED) is 0.376. The summed E-state index contributed by atoms with van der Waals surface area (Å²) in [6, 6.07) is 0. The summed E-state index contributed by atoms with van der Waals surface area (Å²) in [7, 11) is -2.19. The molecule has 0 unspecified atom stereocenters. The van der Waals surface area contributed by atoms with Gasteiger partial charge >= 0.3 is 26.2 Å². The Labute approximate surface area is 183 Å². The Morgan fingerprint density at radius 1 is 1.21 bits per heavy atom. The largest absolute Gasteiger partial charge is 4.00 e. The molecule has 0 aromatic carbocycles. The molecule has 2 rings (SSSR count). The van der Waals surface area contributed by atoms with Crippen molar-refractivity contribution in [3.8, 4) is 0 Å². The minimum Gasteiger partial charge on any atom is -1.00 e. The van der Waals surface area contributed by atoms with Gasteiger partial charge in [-0.1, -0.05) is 39.3 Å². The van der Waals surface area contributed by atoms with E-state index < -0.39 is 17.1 Å². The minimum absolute atomic E-state index is 0. The van der Waals surface area contributed by atoms with E-state index in [4.69, 9.17) is 4.43 Å². The van der Waals surface area contributed by atoms with Crippen molar-refractivity contribution in [2.75, 3.05) is 0 Å². The molecule has 0 aromatic heterocycles. The van der Waals surface area contributed by atoms with Gasteiger partial charge < -0.3 is 29.2 Å². The van der Waals surface area contributed by atoms with E-state index >= 15 is 0 Å². The Hall–Kier alpha value is 0.657. The first-order valence-electron chi connectivity index (χ1n) is 8.09. The standard InChI is InChI=1S/C13H25OSi2.C5H5.2ClH.Zr/c1-7-8-11-12(14-16(4,5)6)9-10-13(11)15(2)3;1-2-4-5-3-1;;;/h15H,7-9H2,1-6H3;1-3H,4H2;2*1H;/q2*-1;;;+4/p-2. The molecule has 0 amide bonds.